The average Bonchev–Trinajstić information content (AvgIpc) is 2.85. The lowest BCUT2D eigenvalue weighted by molar-refractivity contribution is -0.138. The Morgan fingerprint density at radius 2 is 1.77 bits per heavy atom. The molecule has 10 heteroatoms. The maximum atomic E-state index is 13.2. The largest absolute Gasteiger partial charge is 0.438 e. The monoisotopic (exact) mass is 479 g/mol. The molecule has 0 fully saturated rings. The van der Waals surface area contributed by atoms with Gasteiger partial charge in [0.15, 0.2) is 0 Å². The summed E-state index contributed by atoms with van der Waals surface area (Å²) in [6.45, 7) is 1.31. The van der Waals surface area contributed by atoms with Crippen molar-refractivity contribution < 1.29 is 22.7 Å². The smallest absolute Gasteiger partial charge is 0.416 e. The molecule has 0 radical (unpaired) electrons. The van der Waals surface area contributed by atoms with Gasteiger partial charge in [-0.2, -0.15) is 13.2 Å². The molecule has 0 aliphatic rings. The molecule has 2 heterocycles. The minimum Gasteiger partial charge on any atom is -0.438 e. The molecule has 2 aromatic carbocycles. The zero-order valence-electron chi connectivity index (χ0n) is 18.7. The van der Waals surface area contributed by atoms with E-state index in [1.54, 1.807) is 49.8 Å². The molecule has 4 rings (SSSR count). The van der Waals surface area contributed by atoms with E-state index >= 15 is 0 Å². The maximum Gasteiger partial charge on any atom is 0.416 e. The Morgan fingerprint density at radius 3 is 2.54 bits per heavy atom. The van der Waals surface area contributed by atoms with E-state index < -0.39 is 17.6 Å². The molecule has 4 aromatic rings. The van der Waals surface area contributed by atoms with Crippen LogP contribution in [0.5, 0.6) is 11.6 Å². The third kappa shape index (κ3) is 5.37. The van der Waals surface area contributed by atoms with Crippen LogP contribution < -0.4 is 15.4 Å². The zero-order chi connectivity index (χ0) is 25.0. The summed E-state index contributed by atoms with van der Waals surface area (Å²) in [6, 6.07) is 15.2. The number of hydrogen-bond donors (Lipinski definition) is 2. The van der Waals surface area contributed by atoms with Crippen molar-refractivity contribution in [2.75, 3.05) is 17.7 Å². The van der Waals surface area contributed by atoms with Crippen molar-refractivity contribution in [2.24, 2.45) is 0 Å². The lowest BCUT2D eigenvalue weighted by Crippen LogP contribution is -2.15. The van der Waals surface area contributed by atoms with Gasteiger partial charge in [0.05, 0.1) is 16.8 Å². The minimum absolute atomic E-state index is 0.0651. The Balaban J connectivity index is 1.58. The molecule has 2 N–H and O–H groups in total. The van der Waals surface area contributed by atoms with Crippen LogP contribution in [0.1, 0.15) is 21.5 Å². The molecule has 1 amide bonds. The number of benzene rings is 2. The van der Waals surface area contributed by atoms with Crippen LogP contribution in [0, 0.1) is 6.92 Å². The third-order valence-electron chi connectivity index (χ3n) is 5.12. The van der Waals surface area contributed by atoms with E-state index in [9.17, 15) is 18.0 Å². The number of nitrogens with one attached hydrogen (secondary N) is 2. The van der Waals surface area contributed by atoms with Gasteiger partial charge in [-0.15, -0.1) is 0 Å². The molecule has 2 aromatic heterocycles. The molecule has 0 spiro atoms. The number of carbonyl (C=O) groups is 1. The lowest BCUT2D eigenvalue weighted by Gasteiger charge is -2.15. The summed E-state index contributed by atoms with van der Waals surface area (Å²) in [7, 11) is 1.71. The quantitative estimate of drug-likeness (QED) is 0.355. The summed E-state index contributed by atoms with van der Waals surface area (Å²) in [4.78, 5) is 25.6. The molecule has 7 nitrogen and oxygen atoms in total. The van der Waals surface area contributed by atoms with Gasteiger partial charge in [-0.1, -0.05) is 12.1 Å². The predicted molar refractivity (Wildman–Crippen MR) is 125 cm³/mol. The summed E-state index contributed by atoms with van der Waals surface area (Å²) in [5.74, 6) is 0.440. The van der Waals surface area contributed by atoms with Gasteiger partial charge in [0, 0.05) is 30.7 Å². The van der Waals surface area contributed by atoms with Gasteiger partial charge < -0.3 is 15.4 Å². The second-order valence-electron chi connectivity index (χ2n) is 7.43. The number of anilines is 2. The highest BCUT2D eigenvalue weighted by Gasteiger charge is 2.33. The van der Waals surface area contributed by atoms with Crippen LogP contribution in [0.15, 0.2) is 73.1 Å². The number of pyridine rings is 1. The van der Waals surface area contributed by atoms with Gasteiger partial charge in [-0.3, -0.25) is 4.79 Å². The topological polar surface area (TPSA) is 89.0 Å². The highest BCUT2D eigenvalue weighted by Crippen LogP contribution is 2.35. The van der Waals surface area contributed by atoms with Gasteiger partial charge in [0.25, 0.3) is 5.91 Å². The average molecular weight is 479 g/mol. The third-order valence-corrected chi connectivity index (χ3v) is 5.12. The number of carbonyl (C=O) groups excluding carboxylic acids is 1. The molecule has 0 saturated heterocycles. The Kier molecular flexibility index (Phi) is 6.63. The van der Waals surface area contributed by atoms with Crippen molar-refractivity contribution in [2.45, 2.75) is 13.1 Å². The summed E-state index contributed by atoms with van der Waals surface area (Å²) in [5, 5.41) is 5.42. The summed E-state index contributed by atoms with van der Waals surface area (Å²) in [5.41, 5.74) is 0.608. The Hall–Kier alpha value is -4.47. The first-order valence-corrected chi connectivity index (χ1v) is 10.5. The van der Waals surface area contributed by atoms with Crippen molar-refractivity contribution in [1.82, 2.24) is 15.0 Å². The highest BCUT2D eigenvalue weighted by molar-refractivity contribution is 6.05. The van der Waals surface area contributed by atoms with Gasteiger partial charge in [-0.25, -0.2) is 15.0 Å². The molecular weight excluding hydrogens is 459 g/mol. The fourth-order valence-electron chi connectivity index (χ4n) is 3.38. The molecule has 178 valence electrons. The first-order valence-electron chi connectivity index (χ1n) is 10.5. The standard InChI is InChI=1S/C25H20F3N5O2/c1-15-19(25(26,27)28)9-4-10-20(15)32-22(34)16-6-3-7-17(14-16)35-23-18(8-5-12-30-23)21-11-13-31-24(29-2)33-21/h3-14H,1-2H3,(H,32,34)(H,29,31,33). The first kappa shape index (κ1) is 23.7. The molecule has 0 bridgehead atoms. The van der Waals surface area contributed by atoms with E-state index in [0.717, 1.165) is 6.07 Å². The Labute approximate surface area is 199 Å². The molecular formula is C25H20F3N5O2. The molecule has 0 unspecified atom stereocenters. The Bertz CT molecular complexity index is 1380. The van der Waals surface area contributed by atoms with Crippen LogP contribution in [-0.2, 0) is 6.18 Å². The summed E-state index contributed by atoms with van der Waals surface area (Å²) < 4.78 is 45.5. The molecule has 0 aliphatic carbocycles. The number of aromatic nitrogens is 3. The number of hydrogen-bond acceptors (Lipinski definition) is 6. The predicted octanol–water partition coefficient (Wildman–Crippen LogP) is 5.95. The van der Waals surface area contributed by atoms with Gasteiger partial charge in [-0.05, 0) is 61.0 Å². The maximum absolute atomic E-state index is 13.2. The van der Waals surface area contributed by atoms with Crippen molar-refractivity contribution >= 4 is 17.5 Å². The number of halogens is 3. The fourth-order valence-corrected chi connectivity index (χ4v) is 3.38. The minimum atomic E-state index is -4.52. The van der Waals surface area contributed by atoms with E-state index in [-0.39, 0.29) is 22.7 Å². The van der Waals surface area contributed by atoms with Crippen LogP contribution >= 0.6 is 0 Å². The number of amides is 1. The second kappa shape index (κ2) is 9.80. The normalized spacial score (nSPS) is 11.1. The number of rotatable bonds is 6. The van der Waals surface area contributed by atoms with Gasteiger partial charge in [0.2, 0.25) is 11.8 Å². The van der Waals surface area contributed by atoms with E-state index in [1.807, 2.05) is 0 Å². The van der Waals surface area contributed by atoms with E-state index in [2.05, 4.69) is 25.6 Å². The SMILES string of the molecule is CNc1nccc(-c2cccnc2Oc2cccc(C(=O)Nc3cccc(C(F)(F)F)c3C)c2)n1. The van der Waals surface area contributed by atoms with Crippen LogP contribution in [-0.4, -0.2) is 27.9 Å². The first-order chi connectivity index (χ1) is 16.8. The zero-order valence-corrected chi connectivity index (χ0v) is 18.7. The second-order valence-corrected chi connectivity index (χ2v) is 7.43. The fraction of sp³-hybridized carbons (Fsp3) is 0.120. The van der Waals surface area contributed by atoms with Crippen LogP contribution in [0.3, 0.4) is 0 Å². The lowest BCUT2D eigenvalue weighted by atomic mass is 10.1. The van der Waals surface area contributed by atoms with Crippen LogP contribution in [0.25, 0.3) is 11.3 Å². The Morgan fingerprint density at radius 1 is 0.971 bits per heavy atom. The number of nitrogens with zero attached hydrogens (tertiary/aromatic N) is 3. The molecule has 0 saturated carbocycles. The van der Waals surface area contributed by atoms with Crippen molar-refractivity contribution in [3.63, 3.8) is 0 Å². The summed E-state index contributed by atoms with van der Waals surface area (Å²) in [6.07, 6.45) is -1.35. The summed E-state index contributed by atoms with van der Waals surface area (Å²) >= 11 is 0. The highest BCUT2D eigenvalue weighted by atomic mass is 19.4. The van der Waals surface area contributed by atoms with Crippen molar-refractivity contribution in [3.8, 4) is 22.9 Å². The van der Waals surface area contributed by atoms with Crippen molar-refractivity contribution in [3.05, 3.63) is 89.7 Å². The van der Waals surface area contributed by atoms with Crippen LogP contribution in [0.2, 0.25) is 0 Å². The molecule has 0 aliphatic heterocycles. The van der Waals surface area contributed by atoms with E-state index in [1.165, 1.54) is 31.2 Å². The van der Waals surface area contributed by atoms with Gasteiger partial charge >= 0.3 is 6.18 Å². The number of alkyl halides is 3. The van der Waals surface area contributed by atoms with Gasteiger partial charge in [0.1, 0.15) is 5.75 Å². The molecule has 0 atom stereocenters. The van der Waals surface area contributed by atoms with E-state index in [4.69, 9.17) is 4.74 Å². The van der Waals surface area contributed by atoms with E-state index in [0.29, 0.717) is 23.0 Å². The van der Waals surface area contributed by atoms with Crippen molar-refractivity contribution in [1.29, 1.82) is 0 Å². The number of ether oxygens (including phenoxy) is 1. The van der Waals surface area contributed by atoms with Crippen LogP contribution in [0.4, 0.5) is 24.8 Å². The molecule has 35 heavy (non-hydrogen) atoms.